The zero-order valence-electron chi connectivity index (χ0n) is 15.1. The van der Waals surface area contributed by atoms with Crippen LogP contribution in [0.2, 0.25) is 0 Å². The smallest absolute Gasteiger partial charge is 0.237 e. The van der Waals surface area contributed by atoms with Gasteiger partial charge in [0.15, 0.2) is 5.82 Å². The molecule has 0 unspecified atom stereocenters. The van der Waals surface area contributed by atoms with E-state index in [0.717, 1.165) is 58.1 Å². The van der Waals surface area contributed by atoms with Gasteiger partial charge in [-0.15, -0.1) is 0 Å². The Kier molecular flexibility index (Phi) is 3.10. The number of aromatic amines is 2. The molecule has 134 valence electrons. The number of nitrogens with zero attached hydrogens (tertiary/aromatic N) is 3. The standard InChI is InChI=1S/C19H21N5O2/c1-4-24-15-8-14-13(7-11(15)19(2,3)18(24)25)20-17(21-14)16-10-9-26-6-5-12(10)22-23-16/h7-8H,4-6,9H2,1-3H3,(H,20,21)(H,22,23). The number of H-pyrrole nitrogens is 2. The Hall–Kier alpha value is -2.67. The molecule has 0 saturated carbocycles. The van der Waals surface area contributed by atoms with E-state index >= 15 is 0 Å². The normalized spacial score (nSPS) is 18.4. The average Bonchev–Trinajstić information content (AvgIpc) is 3.28. The van der Waals surface area contributed by atoms with Crippen molar-refractivity contribution in [2.45, 2.75) is 39.2 Å². The number of likely N-dealkylation sites (N-methyl/N-ethyl adjacent to an activating group) is 1. The number of carbonyl (C=O) groups excluding carboxylic acids is 1. The Bertz CT molecular complexity index is 1050. The fourth-order valence-corrected chi connectivity index (χ4v) is 4.07. The van der Waals surface area contributed by atoms with Gasteiger partial charge in [-0.05, 0) is 38.5 Å². The van der Waals surface area contributed by atoms with Gasteiger partial charge in [0.2, 0.25) is 5.91 Å². The Morgan fingerprint density at radius 3 is 3.00 bits per heavy atom. The van der Waals surface area contributed by atoms with Gasteiger partial charge in [-0.25, -0.2) is 4.98 Å². The lowest BCUT2D eigenvalue weighted by molar-refractivity contribution is -0.122. The minimum atomic E-state index is -0.524. The summed E-state index contributed by atoms with van der Waals surface area (Å²) < 4.78 is 5.58. The van der Waals surface area contributed by atoms with Gasteiger partial charge >= 0.3 is 0 Å². The molecule has 7 nitrogen and oxygen atoms in total. The lowest BCUT2D eigenvalue weighted by Crippen LogP contribution is -2.35. The fraction of sp³-hybridized carbons (Fsp3) is 0.421. The average molecular weight is 351 g/mol. The number of imidazole rings is 1. The third-order valence-electron chi connectivity index (χ3n) is 5.58. The summed E-state index contributed by atoms with van der Waals surface area (Å²) in [6.07, 6.45) is 0.846. The van der Waals surface area contributed by atoms with E-state index in [0.29, 0.717) is 13.2 Å². The molecule has 2 aliphatic rings. The number of hydrogen-bond acceptors (Lipinski definition) is 4. The Morgan fingerprint density at radius 1 is 1.35 bits per heavy atom. The van der Waals surface area contributed by atoms with E-state index in [9.17, 15) is 4.79 Å². The highest BCUT2D eigenvalue weighted by Gasteiger charge is 2.43. The van der Waals surface area contributed by atoms with Crippen LogP contribution >= 0.6 is 0 Å². The molecule has 7 heteroatoms. The summed E-state index contributed by atoms with van der Waals surface area (Å²) in [4.78, 5) is 22.7. The van der Waals surface area contributed by atoms with Gasteiger partial charge in [-0.3, -0.25) is 9.89 Å². The molecule has 1 amide bonds. The molecule has 2 aromatic heterocycles. The quantitative estimate of drug-likeness (QED) is 0.743. The molecule has 0 fully saturated rings. The number of fused-ring (bicyclic) bond motifs is 3. The van der Waals surface area contributed by atoms with Gasteiger partial charge < -0.3 is 14.6 Å². The SMILES string of the molecule is CCN1C(=O)C(C)(C)c2cc3[nH]c(-c4n[nH]c5c4COCC5)nc3cc21. The number of hydrogen-bond donors (Lipinski definition) is 2. The van der Waals surface area contributed by atoms with Gasteiger partial charge in [0, 0.05) is 24.2 Å². The molecule has 0 spiro atoms. The summed E-state index contributed by atoms with van der Waals surface area (Å²) in [5, 5.41) is 7.56. The van der Waals surface area contributed by atoms with Crippen molar-refractivity contribution in [3.05, 3.63) is 29.0 Å². The number of benzene rings is 1. The molecule has 0 saturated heterocycles. The maximum absolute atomic E-state index is 12.7. The van der Waals surface area contributed by atoms with Crippen molar-refractivity contribution in [3.8, 4) is 11.5 Å². The van der Waals surface area contributed by atoms with Crippen molar-refractivity contribution < 1.29 is 9.53 Å². The van der Waals surface area contributed by atoms with E-state index in [1.54, 1.807) is 0 Å². The van der Waals surface area contributed by atoms with E-state index in [1.807, 2.05) is 31.7 Å². The van der Waals surface area contributed by atoms with E-state index < -0.39 is 5.41 Å². The minimum Gasteiger partial charge on any atom is -0.376 e. The first-order valence-corrected chi connectivity index (χ1v) is 9.01. The highest BCUT2D eigenvalue weighted by Crippen LogP contribution is 2.43. The lowest BCUT2D eigenvalue weighted by atomic mass is 9.86. The first-order chi connectivity index (χ1) is 12.5. The molecule has 4 heterocycles. The second-order valence-corrected chi connectivity index (χ2v) is 7.48. The van der Waals surface area contributed by atoms with Crippen LogP contribution in [0, 0.1) is 0 Å². The molecule has 3 aromatic rings. The molecule has 2 aliphatic heterocycles. The first kappa shape index (κ1) is 15.6. The summed E-state index contributed by atoms with van der Waals surface area (Å²) >= 11 is 0. The number of amides is 1. The summed E-state index contributed by atoms with van der Waals surface area (Å²) in [6, 6.07) is 4.07. The van der Waals surface area contributed by atoms with Gasteiger partial charge in [-0.2, -0.15) is 5.10 Å². The van der Waals surface area contributed by atoms with Crippen molar-refractivity contribution in [2.75, 3.05) is 18.1 Å². The van der Waals surface area contributed by atoms with Crippen LogP contribution in [0.5, 0.6) is 0 Å². The maximum atomic E-state index is 12.7. The van der Waals surface area contributed by atoms with Gasteiger partial charge in [0.25, 0.3) is 0 Å². The molecular formula is C19H21N5O2. The molecule has 0 atom stereocenters. The van der Waals surface area contributed by atoms with E-state index in [4.69, 9.17) is 9.72 Å². The van der Waals surface area contributed by atoms with Crippen molar-refractivity contribution >= 4 is 22.6 Å². The van der Waals surface area contributed by atoms with Gasteiger partial charge in [0.1, 0.15) is 5.69 Å². The van der Waals surface area contributed by atoms with Crippen LogP contribution in [-0.4, -0.2) is 39.2 Å². The molecule has 26 heavy (non-hydrogen) atoms. The minimum absolute atomic E-state index is 0.140. The summed E-state index contributed by atoms with van der Waals surface area (Å²) in [6.45, 7) is 7.89. The molecule has 0 aliphatic carbocycles. The Balaban J connectivity index is 1.67. The molecular weight excluding hydrogens is 330 g/mol. The summed E-state index contributed by atoms with van der Waals surface area (Å²) in [5.41, 5.74) is 6.26. The lowest BCUT2D eigenvalue weighted by Gasteiger charge is -2.18. The second kappa shape index (κ2) is 5.17. The van der Waals surface area contributed by atoms with Crippen molar-refractivity contribution in [2.24, 2.45) is 0 Å². The highest BCUT2D eigenvalue weighted by atomic mass is 16.5. The topological polar surface area (TPSA) is 86.9 Å². The van der Waals surface area contributed by atoms with Crippen LogP contribution < -0.4 is 4.90 Å². The summed E-state index contributed by atoms with van der Waals surface area (Å²) in [5.74, 6) is 0.875. The molecule has 5 rings (SSSR count). The third kappa shape index (κ3) is 1.94. The predicted octanol–water partition coefficient (Wildman–Crippen LogP) is 2.67. The summed E-state index contributed by atoms with van der Waals surface area (Å²) in [7, 11) is 0. The zero-order chi connectivity index (χ0) is 18.1. The number of anilines is 1. The number of rotatable bonds is 2. The maximum Gasteiger partial charge on any atom is 0.237 e. The molecule has 0 bridgehead atoms. The monoisotopic (exact) mass is 351 g/mol. The van der Waals surface area contributed by atoms with Gasteiger partial charge in [-0.1, -0.05) is 0 Å². The van der Waals surface area contributed by atoms with E-state index in [1.165, 1.54) is 0 Å². The largest absolute Gasteiger partial charge is 0.376 e. The van der Waals surface area contributed by atoms with Crippen LogP contribution in [-0.2, 0) is 28.0 Å². The van der Waals surface area contributed by atoms with Crippen LogP contribution in [0.15, 0.2) is 12.1 Å². The van der Waals surface area contributed by atoms with Crippen molar-refractivity contribution in [1.29, 1.82) is 0 Å². The number of ether oxygens (including phenoxy) is 1. The zero-order valence-corrected chi connectivity index (χ0v) is 15.1. The fourth-order valence-electron chi connectivity index (χ4n) is 4.07. The van der Waals surface area contributed by atoms with Crippen LogP contribution in [0.3, 0.4) is 0 Å². The number of nitrogens with one attached hydrogen (secondary N) is 2. The number of aromatic nitrogens is 4. The molecule has 0 radical (unpaired) electrons. The third-order valence-corrected chi connectivity index (χ3v) is 5.58. The van der Waals surface area contributed by atoms with Crippen molar-refractivity contribution in [1.82, 2.24) is 20.2 Å². The van der Waals surface area contributed by atoms with Crippen LogP contribution in [0.25, 0.3) is 22.6 Å². The molecule has 1 aromatic carbocycles. The van der Waals surface area contributed by atoms with Crippen LogP contribution in [0.4, 0.5) is 5.69 Å². The highest BCUT2D eigenvalue weighted by molar-refractivity contribution is 6.09. The second-order valence-electron chi connectivity index (χ2n) is 7.48. The Labute approximate surface area is 150 Å². The van der Waals surface area contributed by atoms with Crippen LogP contribution in [0.1, 0.15) is 37.6 Å². The number of carbonyl (C=O) groups is 1. The Morgan fingerprint density at radius 2 is 2.19 bits per heavy atom. The first-order valence-electron chi connectivity index (χ1n) is 9.01. The van der Waals surface area contributed by atoms with Crippen molar-refractivity contribution in [3.63, 3.8) is 0 Å². The van der Waals surface area contributed by atoms with E-state index in [-0.39, 0.29) is 5.91 Å². The predicted molar refractivity (Wildman–Crippen MR) is 98.1 cm³/mol. The van der Waals surface area contributed by atoms with Gasteiger partial charge in [0.05, 0.1) is 35.3 Å². The molecule has 2 N–H and O–H groups in total. The van der Waals surface area contributed by atoms with E-state index in [2.05, 4.69) is 21.2 Å².